The molecule has 0 aliphatic carbocycles. The van der Waals surface area contributed by atoms with E-state index in [9.17, 15) is 0 Å². The van der Waals surface area contributed by atoms with Crippen molar-refractivity contribution in [2.75, 3.05) is 24.4 Å². The minimum atomic E-state index is 0.765. The summed E-state index contributed by atoms with van der Waals surface area (Å²) in [5.41, 5.74) is 2.66. The molecule has 1 aromatic rings. The van der Waals surface area contributed by atoms with Gasteiger partial charge in [0.15, 0.2) is 0 Å². The molecule has 0 bridgehead atoms. The summed E-state index contributed by atoms with van der Waals surface area (Å²) in [6, 6.07) is 8.47. The van der Waals surface area contributed by atoms with Crippen LogP contribution in [0.1, 0.15) is 18.4 Å². The van der Waals surface area contributed by atoms with Crippen LogP contribution in [0.3, 0.4) is 0 Å². The van der Waals surface area contributed by atoms with Crippen molar-refractivity contribution in [3.63, 3.8) is 0 Å². The lowest BCUT2D eigenvalue weighted by Crippen LogP contribution is -2.19. The van der Waals surface area contributed by atoms with Gasteiger partial charge in [0.05, 0.1) is 0 Å². The Labute approximate surface area is 91.7 Å². The van der Waals surface area contributed by atoms with Gasteiger partial charge in [-0.15, -0.1) is 11.6 Å². The number of rotatable bonds is 5. The highest BCUT2D eigenvalue weighted by Gasteiger charge is 2.02. The van der Waals surface area contributed by atoms with Crippen LogP contribution in [0.25, 0.3) is 0 Å². The van der Waals surface area contributed by atoms with Crippen molar-refractivity contribution < 1.29 is 0 Å². The first-order valence-corrected chi connectivity index (χ1v) is 5.62. The maximum atomic E-state index is 5.64. The van der Waals surface area contributed by atoms with E-state index >= 15 is 0 Å². The van der Waals surface area contributed by atoms with E-state index < -0.39 is 0 Å². The summed E-state index contributed by atoms with van der Waals surface area (Å²) in [5.74, 6) is 0.765. The van der Waals surface area contributed by atoms with Crippen LogP contribution in [0.4, 0.5) is 5.69 Å². The van der Waals surface area contributed by atoms with E-state index in [1.165, 1.54) is 11.3 Å². The molecular weight excluding hydrogens is 194 g/mol. The van der Waals surface area contributed by atoms with Crippen LogP contribution in [0.2, 0.25) is 0 Å². The third-order valence-corrected chi connectivity index (χ3v) is 2.67. The van der Waals surface area contributed by atoms with Gasteiger partial charge >= 0.3 is 0 Å². The molecule has 1 nitrogen and oxygen atoms in total. The average molecular weight is 212 g/mol. The van der Waals surface area contributed by atoms with Crippen LogP contribution < -0.4 is 4.90 Å². The summed E-state index contributed by atoms with van der Waals surface area (Å²) in [5, 5.41) is 0. The van der Waals surface area contributed by atoms with Crippen LogP contribution in [0, 0.1) is 6.92 Å². The quantitative estimate of drug-likeness (QED) is 0.533. The Hall–Kier alpha value is -0.690. The van der Waals surface area contributed by atoms with Crippen LogP contribution in [0.15, 0.2) is 24.3 Å². The number of para-hydroxylation sites is 1. The second kappa shape index (κ2) is 5.92. The molecule has 0 fully saturated rings. The van der Waals surface area contributed by atoms with Crippen molar-refractivity contribution in [2.24, 2.45) is 0 Å². The maximum absolute atomic E-state index is 5.64. The lowest BCUT2D eigenvalue weighted by atomic mass is 10.2. The topological polar surface area (TPSA) is 3.24 Å². The summed E-state index contributed by atoms with van der Waals surface area (Å²) in [4.78, 5) is 2.29. The Morgan fingerprint density at radius 2 is 1.93 bits per heavy atom. The molecule has 1 aromatic carbocycles. The molecule has 78 valence electrons. The van der Waals surface area contributed by atoms with Gasteiger partial charge in [0.25, 0.3) is 0 Å². The standard InChI is InChI=1S/C12H18ClN/c1-11-7-3-4-8-12(11)14(2)10-6-5-9-13/h3-4,7-8H,5-6,9-10H2,1-2H3. The average Bonchev–Trinajstić information content (AvgIpc) is 2.18. The number of benzene rings is 1. The van der Waals surface area contributed by atoms with Crippen molar-refractivity contribution in [1.82, 2.24) is 0 Å². The van der Waals surface area contributed by atoms with Crippen LogP contribution in [-0.2, 0) is 0 Å². The second-order valence-electron chi connectivity index (χ2n) is 3.60. The highest BCUT2D eigenvalue weighted by atomic mass is 35.5. The smallest absolute Gasteiger partial charge is 0.0393 e. The molecule has 2 heteroatoms. The van der Waals surface area contributed by atoms with E-state index in [4.69, 9.17) is 11.6 Å². The first-order chi connectivity index (χ1) is 6.75. The van der Waals surface area contributed by atoms with Gasteiger partial charge in [0.2, 0.25) is 0 Å². The Bertz CT molecular complexity index is 273. The van der Waals surface area contributed by atoms with E-state index in [-0.39, 0.29) is 0 Å². The van der Waals surface area contributed by atoms with Crippen LogP contribution in [0.5, 0.6) is 0 Å². The highest BCUT2D eigenvalue weighted by molar-refractivity contribution is 6.17. The molecule has 0 amide bonds. The van der Waals surface area contributed by atoms with Crippen molar-refractivity contribution in [1.29, 1.82) is 0 Å². The van der Waals surface area contributed by atoms with E-state index in [2.05, 4.69) is 43.1 Å². The molecule has 14 heavy (non-hydrogen) atoms. The number of unbranched alkanes of at least 4 members (excludes halogenated alkanes) is 1. The number of nitrogens with zero attached hydrogens (tertiary/aromatic N) is 1. The Morgan fingerprint density at radius 3 is 2.57 bits per heavy atom. The van der Waals surface area contributed by atoms with Gasteiger partial charge in [-0.1, -0.05) is 18.2 Å². The Kier molecular flexibility index (Phi) is 4.81. The monoisotopic (exact) mass is 211 g/mol. The third kappa shape index (κ3) is 3.22. The predicted molar refractivity (Wildman–Crippen MR) is 64.4 cm³/mol. The number of hydrogen-bond acceptors (Lipinski definition) is 1. The Morgan fingerprint density at radius 1 is 1.21 bits per heavy atom. The normalized spacial score (nSPS) is 10.2. The van der Waals surface area contributed by atoms with Gasteiger partial charge in [-0.05, 0) is 31.4 Å². The van der Waals surface area contributed by atoms with Crippen LogP contribution >= 0.6 is 11.6 Å². The minimum absolute atomic E-state index is 0.765. The summed E-state index contributed by atoms with van der Waals surface area (Å²) in [6.07, 6.45) is 2.26. The third-order valence-electron chi connectivity index (χ3n) is 2.40. The van der Waals surface area contributed by atoms with Gasteiger partial charge in [-0.25, -0.2) is 0 Å². The van der Waals surface area contributed by atoms with E-state index in [1.54, 1.807) is 0 Å². The molecule has 0 spiro atoms. The largest absolute Gasteiger partial charge is 0.374 e. The van der Waals surface area contributed by atoms with Gasteiger partial charge < -0.3 is 4.90 Å². The zero-order valence-electron chi connectivity index (χ0n) is 8.96. The zero-order chi connectivity index (χ0) is 10.4. The first-order valence-electron chi connectivity index (χ1n) is 5.08. The molecule has 0 saturated carbocycles. The fourth-order valence-electron chi connectivity index (χ4n) is 1.56. The van der Waals surface area contributed by atoms with Gasteiger partial charge in [0, 0.05) is 25.2 Å². The fourth-order valence-corrected chi connectivity index (χ4v) is 1.74. The first kappa shape index (κ1) is 11.4. The number of alkyl halides is 1. The number of hydrogen-bond donors (Lipinski definition) is 0. The summed E-state index contributed by atoms with van der Waals surface area (Å²) >= 11 is 5.64. The lowest BCUT2D eigenvalue weighted by molar-refractivity contribution is 0.769. The number of halogens is 1. The zero-order valence-corrected chi connectivity index (χ0v) is 9.72. The van der Waals surface area contributed by atoms with E-state index in [0.717, 1.165) is 25.3 Å². The SMILES string of the molecule is Cc1ccccc1N(C)CCCCCl. The van der Waals surface area contributed by atoms with Gasteiger partial charge in [0.1, 0.15) is 0 Å². The van der Waals surface area contributed by atoms with Crippen molar-refractivity contribution in [3.05, 3.63) is 29.8 Å². The number of anilines is 1. The molecule has 0 unspecified atom stereocenters. The molecular formula is C12H18ClN. The van der Waals surface area contributed by atoms with Gasteiger partial charge in [-0.2, -0.15) is 0 Å². The van der Waals surface area contributed by atoms with E-state index in [1.807, 2.05) is 0 Å². The molecule has 0 aliphatic heterocycles. The molecule has 0 heterocycles. The molecule has 1 rings (SSSR count). The predicted octanol–water partition coefficient (Wildman–Crippen LogP) is 3.45. The Balaban J connectivity index is 2.51. The molecule has 0 radical (unpaired) electrons. The molecule has 0 aliphatic rings. The van der Waals surface area contributed by atoms with Gasteiger partial charge in [-0.3, -0.25) is 0 Å². The fraction of sp³-hybridized carbons (Fsp3) is 0.500. The van der Waals surface area contributed by atoms with E-state index in [0.29, 0.717) is 0 Å². The molecule has 0 N–H and O–H groups in total. The second-order valence-corrected chi connectivity index (χ2v) is 3.98. The van der Waals surface area contributed by atoms with Crippen LogP contribution in [-0.4, -0.2) is 19.5 Å². The summed E-state index contributed by atoms with van der Waals surface area (Å²) in [7, 11) is 2.14. The van der Waals surface area contributed by atoms with Crippen molar-refractivity contribution in [3.8, 4) is 0 Å². The summed E-state index contributed by atoms with van der Waals surface area (Å²) in [6.45, 7) is 3.23. The van der Waals surface area contributed by atoms with Crippen molar-refractivity contribution >= 4 is 17.3 Å². The maximum Gasteiger partial charge on any atom is 0.0393 e. The highest BCUT2D eigenvalue weighted by Crippen LogP contribution is 2.17. The number of aryl methyl sites for hydroxylation is 1. The lowest BCUT2D eigenvalue weighted by Gasteiger charge is -2.20. The molecule has 0 aromatic heterocycles. The minimum Gasteiger partial charge on any atom is -0.374 e. The van der Waals surface area contributed by atoms with Crippen molar-refractivity contribution in [2.45, 2.75) is 19.8 Å². The summed E-state index contributed by atoms with van der Waals surface area (Å²) < 4.78 is 0. The molecule has 0 saturated heterocycles. The molecule has 0 atom stereocenters.